The number of hydrogen-bond acceptors (Lipinski definition) is 7. The van der Waals surface area contributed by atoms with Gasteiger partial charge in [0.1, 0.15) is 17.8 Å². The molecule has 1 aromatic rings. The lowest BCUT2D eigenvalue weighted by molar-refractivity contribution is -0.181. The molecule has 0 aromatic carbocycles. The van der Waals surface area contributed by atoms with Crippen molar-refractivity contribution < 1.29 is 19.0 Å². The largest absolute Gasteiger partial charge is 0.383 e. The summed E-state index contributed by atoms with van der Waals surface area (Å²) in [4.78, 5) is 22.6. The summed E-state index contributed by atoms with van der Waals surface area (Å²) in [6, 6.07) is 1.67. The number of amides is 1. The number of methoxy groups -OCH3 is 1. The number of aromatic nitrogens is 2. The average molecular weight is 322 g/mol. The van der Waals surface area contributed by atoms with Crippen LogP contribution in [0.15, 0.2) is 12.4 Å². The first-order valence-corrected chi connectivity index (χ1v) is 7.84. The second-order valence-corrected chi connectivity index (χ2v) is 5.61. The third-order valence-electron chi connectivity index (χ3n) is 4.12. The lowest BCUT2D eigenvalue weighted by atomic mass is 10.0. The van der Waals surface area contributed by atoms with Crippen LogP contribution >= 0.6 is 0 Å². The van der Waals surface area contributed by atoms with Crippen LogP contribution in [0.4, 0.5) is 5.82 Å². The first-order chi connectivity index (χ1) is 11.2. The minimum Gasteiger partial charge on any atom is -0.383 e. The molecular formula is C15H22N4O4. The quantitative estimate of drug-likeness (QED) is 0.791. The second-order valence-electron chi connectivity index (χ2n) is 5.61. The molecule has 8 heteroatoms. The fourth-order valence-corrected chi connectivity index (χ4v) is 2.85. The van der Waals surface area contributed by atoms with E-state index in [1.54, 1.807) is 18.1 Å². The van der Waals surface area contributed by atoms with E-state index in [0.717, 1.165) is 0 Å². The summed E-state index contributed by atoms with van der Waals surface area (Å²) in [6.45, 7) is 3.68. The van der Waals surface area contributed by atoms with Crippen molar-refractivity contribution in [2.24, 2.45) is 0 Å². The number of hydrogen-bond donors (Lipinski definition) is 1. The van der Waals surface area contributed by atoms with Crippen molar-refractivity contribution >= 4 is 11.7 Å². The Labute approximate surface area is 135 Å². The van der Waals surface area contributed by atoms with E-state index in [2.05, 4.69) is 15.3 Å². The van der Waals surface area contributed by atoms with E-state index in [9.17, 15) is 4.79 Å². The molecule has 23 heavy (non-hydrogen) atoms. The van der Waals surface area contributed by atoms with Crippen LogP contribution in [0.3, 0.4) is 0 Å². The number of ether oxygens (including phenoxy) is 3. The van der Waals surface area contributed by atoms with Gasteiger partial charge in [-0.3, -0.25) is 4.79 Å². The van der Waals surface area contributed by atoms with Gasteiger partial charge in [-0.25, -0.2) is 9.97 Å². The molecule has 2 fully saturated rings. The van der Waals surface area contributed by atoms with E-state index in [1.807, 2.05) is 0 Å². The van der Waals surface area contributed by atoms with Gasteiger partial charge in [-0.2, -0.15) is 0 Å². The first-order valence-electron chi connectivity index (χ1n) is 7.84. The Morgan fingerprint density at radius 2 is 2.09 bits per heavy atom. The molecule has 0 unspecified atom stereocenters. The predicted molar refractivity (Wildman–Crippen MR) is 82.2 cm³/mol. The third kappa shape index (κ3) is 3.77. The van der Waals surface area contributed by atoms with E-state index in [-0.39, 0.29) is 5.91 Å². The summed E-state index contributed by atoms with van der Waals surface area (Å²) in [5.41, 5.74) is 0.393. The van der Waals surface area contributed by atoms with Gasteiger partial charge < -0.3 is 24.4 Å². The molecule has 0 bridgehead atoms. The van der Waals surface area contributed by atoms with Crippen LogP contribution < -0.4 is 5.32 Å². The fraction of sp³-hybridized carbons (Fsp3) is 0.667. The molecule has 1 amide bonds. The normalized spacial score (nSPS) is 20.0. The van der Waals surface area contributed by atoms with Crippen LogP contribution in [0.5, 0.6) is 0 Å². The van der Waals surface area contributed by atoms with Crippen LogP contribution in [0.2, 0.25) is 0 Å². The zero-order valence-corrected chi connectivity index (χ0v) is 13.3. The van der Waals surface area contributed by atoms with Gasteiger partial charge in [-0.05, 0) is 0 Å². The van der Waals surface area contributed by atoms with E-state index in [1.165, 1.54) is 6.33 Å². The third-order valence-corrected chi connectivity index (χ3v) is 4.12. The molecule has 1 spiro atoms. The van der Waals surface area contributed by atoms with Gasteiger partial charge in [0.2, 0.25) is 0 Å². The molecule has 1 aromatic heterocycles. The van der Waals surface area contributed by atoms with Crippen LogP contribution in [0.25, 0.3) is 0 Å². The Morgan fingerprint density at radius 1 is 1.35 bits per heavy atom. The highest BCUT2D eigenvalue weighted by molar-refractivity contribution is 5.93. The Kier molecular flexibility index (Phi) is 5.04. The summed E-state index contributed by atoms with van der Waals surface area (Å²) < 4.78 is 16.3. The van der Waals surface area contributed by atoms with Gasteiger partial charge in [0, 0.05) is 45.7 Å². The minimum atomic E-state index is -0.477. The highest BCUT2D eigenvalue weighted by Gasteiger charge is 2.41. The van der Waals surface area contributed by atoms with Crippen molar-refractivity contribution in [3.63, 3.8) is 0 Å². The second kappa shape index (κ2) is 7.20. The number of nitrogens with zero attached hydrogens (tertiary/aromatic N) is 3. The van der Waals surface area contributed by atoms with E-state index >= 15 is 0 Å². The van der Waals surface area contributed by atoms with E-state index in [4.69, 9.17) is 14.2 Å². The molecule has 3 rings (SSSR count). The Morgan fingerprint density at radius 3 is 2.78 bits per heavy atom. The monoisotopic (exact) mass is 322 g/mol. The topological polar surface area (TPSA) is 85.8 Å². The van der Waals surface area contributed by atoms with Crippen molar-refractivity contribution in [3.05, 3.63) is 18.1 Å². The predicted octanol–water partition coefficient (Wildman–Crippen LogP) is 0.514. The summed E-state index contributed by atoms with van der Waals surface area (Å²) >= 11 is 0. The molecule has 2 aliphatic rings. The van der Waals surface area contributed by atoms with Crippen molar-refractivity contribution in [2.45, 2.75) is 18.6 Å². The summed E-state index contributed by atoms with van der Waals surface area (Å²) in [5, 5.41) is 3.10. The standard InChI is InChI=1S/C15H22N4O4/c1-21-7-4-16-13-10-12(17-11-18-13)14(20)19-5-2-15(3-6-19)22-8-9-23-15/h10-11H,2-9H2,1H3,(H,16,17,18). The number of rotatable bonds is 5. The van der Waals surface area contributed by atoms with Gasteiger partial charge in [-0.15, -0.1) is 0 Å². The molecule has 1 N–H and O–H groups in total. The van der Waals surface area contributed by atoms with Crippen LogP contribution in [-0.2, 0) is 14.2 Å². The highest BCUT2D eigenvalue weighted by Crippen LogP contribution is 2.31. The number of carbonyl (C=O) groups excluding carboxylic acids is 1. The maximum absolute atomic E-state index is 12.6. The maximum atomic E-state index is 12.6. The lowest BCUT2D eigenvalue weighted by Crippen LogP contribution is -2.47. The molecule has 0 radical (unpaired) electrons. The van der Waals surface area contributed by atoms with Gasteiger partial charge in [0.25, 0.3) is 5.91 Å². The van der Waals surface area contributed by atoms with Crippen molar-refractivity contribution in [2.75, 3.05) is 51.9 Å². The average Bonchev–Trinajstić information content (AvgIpc) is 3.04. The maximum Gasteiger partial charge on any atom is 0.272 e. The molecule has 0 atom stereocenters. The molecular weight excluding hydrogens is 300 g/mol. The summed E-state index contributed by atoms with van der Waals surface area (Å²) in [5.74, 6) is 0.0568. The molecule has 2 aliphatic heterocycles. The molecule has 0 saturated carbocycles. The van der Waals surface area contributed by atoms with Crippen LogP contribution in [0, 0.1) is 0 Å². The van der Waals surface area contributed by atoms with Crippen molar-refractivity contribution in [1.29, 1.82) is 0 Å². The van der Waals surface area contributed by atoms with Gasteiger partial charge >= 0.3 is 0 Å². The zero-order chi connectivity index (χ0) is 16.1. The highest BCUT2D eigenvalue weighted by atomic mass is 16.7. The Bertz CT molecular complexity index is 538. The van der Waals surface area contributed by atoms with Crippen molar-refractivity contribution in [3.8, 4) is 0 Å². The number of nitrogens with one attached hydrogen (secondary N) is 1. The Balaban J connectivity index is 1.58. The first kappa shape index (κ1) is 16.1. The minimum absolute atomic E-state index is 0.0879. The van der Waals surface area contributed by atoms with Crippen LogP contribution in [0.1, 0.15) is 23.3 Å². The van der Waals surface area contributed by atoms with Gasteiger partial charge in [0.05, 0.1) is 19.8 Å². The number of anilines is 1. The molecule has 126 valence electrons. The number of carbonyl (C=O) groups is 1. The summed E-state index contributed by atoms with van der Waals surface area (Å²) in [6.07, 6.45) is 2.79. The smallest absolute Gasteiger partial charge is 0.272 e. The molecule has 3 heterocycles. The van der Waals surface area contributed by atoms with E-state index < -0.39 is 5.79 Å². The Hall–Kier alpha value is -1.77. The zero-order valence-electron chi connectivity index (χ0n) is 13.3. The van der Waals surface area contributed by atoms with Crippen molar-refractivity contribution in [1.82, 2.24) is 14.9 Å². The molecule has 2 saturated heterocycles. The van der Waals surface area contributed by atoms with Crippen LogP contribution in [-0.4, -0.2) is 73.1 Å². The molecule has 8 nitrogen and oxygen atoms in total. The number of piperidine rings is 1. The lowest BCUT2D eigenvalue weighted by Gasteiger charge is -2.37. The fourth-order valence-electron chi connectivity index (χ4n) is 2.85. The SMILES string of the molecule is COCCNc1cc(C(=O)N2CCC3(CC2)OCCO3)ncn1. The van der Waals surface area contributed by atoms with Gasteiger partial charge in [0.15, 0.2) is 5.79 Å². The number of likely N-dealkylation sites (tertiary alicyclic amines) is 1. The van der Waals surface area contributed by atoms with E-state index in [0.29, 0.717) is 63.8 Å². The summed E-state index contributed by atoms with van der Waals surface area (Å²) in [7, 11) is 1.64. The van der Waals surface area contributed by atoms with Gasteiger partial charge in [-0.1, -0.05) is 0 Å². The molecule has 0 aliphatic carbocycles.